The third-order valence-electron chi connectivity index (χ3n) is 5.46. The summed E-state index contributed by atoms with van der Waals surface area (Å²) in [5.41, 5.74) is 9.28. The fourth-order valence-electron chi connectivity index (χ4n) is 4.31. The zero-order chi connectivity index (χ0) is 17.6. The third-order valence-corrected chi connectivity index (χ3v) is 11.1. The first kappa shape index (κ1) is 16.7. The fraction of sp³-hybridized carbons (Fsp3) is 0.0909. The quantitative estimate of drug-likeness (QED) is 0.516. The number of allylic oxidation sites excluding steroid dienone is 2. The molecule has 0 amide bonds. The van der Waals surface area contributed by atoms with Gasteiger partial charge in [0.25, 0.3) is 0 Å². The molecule has 25 heavy (non-hydrogen) atoms. The van der Waals surface area contributed by atoms with E-state index in [0.29, 0.717) is 0 Å². The van der Waals surface area contributed by atoms with Gasteiger partial charge < -0.3 is 0 Å². The third kappa shape index (κ3) is 2.34. The summed E-state index contributed by atoms with van der Waals surface area (Å²) in [5, 5.41) is 1.73. The van der Waals surface area contributed by atoms with Crippen LogP contribution in [0.25, 0.3) is 12.2 Å². The Morgan fingerprint density at radius 1 is 0.720 bits per heavy atom. The molecule has 0 heterocycles. The summed E-state index contributed by atoms with van der Waals surface area (Å²) in [6.45, 7) is 8.45. The molecule has 2 aliphatic carbocycles. The molecule has 0 fully saturated rings. The Morgan fingerprint density at radius 3 is 1.52 bits per heavy atom. The standard InChI is InChI=1S/C22H18Cl2Si/c1-3-25(4-2,21-17-11-7-5-9-15(17)13-19(21)23)22-18-12-8-6-10-16(18)14-20(22)24/h3-14,21-22H,1-2H2. The van der Waals surface area contributed by atoms with Gasteiger partial charge in [-0.1, -0.05) is 83.1 Å². The second-order valence-corrected chi connectivity index (χ2v) is 11.4. The Balaban J connectivity index is 1.94. The van der Waals surface area contributed by atoms with E-state index in [-0.39, 0.29) is 11.1 Å². The van der Waals surface area contributed by atoms with Gasteiger partial charge in [0.15, 0.2) is 0 Å². The van der Waals surface area contributed by atoms with Crippen LogP contribution in [0.15, 0.2) is 83.2 Å². The number of fused-ring (bicyclic) bond motifs is 2. The summed E-state index contributed by atoms with van der Waals surface area (Å²) in [7, 11) is -2.38. The number of rotatable bonds is 4. The minimum absolute atomic E-state index is 0.0960. The molecule has 4 rings (SSSR count). The first-order valence-corrected chi connectivity index (χ1v) is 11.4. The normalized spacial score (nSPS) is 21.2. The van der Waals surface area contributed by atoms with Crippen LogP contribution in [0.3, 0.4) is 0 Å². The van der Waals surface area contributed by atoms with E-state index in [9.17, 15) is 0 Å². The summed E-state index contributed by atoms with van der Waals surface area (Å²) in [6, 6.07) is 16.8. The highest BCUT2D eigenvalue weighted by Crippen LogP contribution is 2.54. The van der Waals surface area contributed by atoms with E-state index in [1.165, 1.54) is 22.3 Å². The molecule has 0 saturated carbocycles. The molecule has 0 spiro atoms. The average Bonchev–Trinajstić information content (AvgIpc) is 3.14. The molecule has 3 heteroatoms. The average molecular weight is 381 g/mol. The Kier molecular flexibility index (Phi) is 4.11. The van der Waals surface area contributed by atoms with E-state index in [4.69, 9.17) is 23.2 Å². The van der Waals surface area contributed by atoms with Gasteiger partial charge in [0.1, 0.15) is 8.07 Å². The van der Waals surface area contributed by atoms with Crippen LogP contribution in [-0.2, 0) is 0 Å². The smallest absolute Gasteiger partial charge is 0.107 e. The van der Waals surface area contributed by atoms with Crippen molar-refractivity contribution in [2.45, 2.75) is 11.1 Å². The van der Waals surface area contributed by atoms with E-state index in [1.54, 1.807) is 0 Å². The molecule has 0 radical (unpaired) electrons. The van der Waals surface area contributed by atoms with Gasteiger partial charge in [-0.2, -0.15) is 0 Å². The highest BCUT2D eigenvalue weighted by Gasteiger charge is 2.50. The zero-order valence-corrected chi connectivity index (χ0v) is 16.3. The van der Waals surface area contributed by atoms with Crippen LogP contribution in [0.1, 0.15) is 33.3 Å². The summed E-state index contributed by atoms with van der Waals surface area (Å²) in [4.78, 5) is 0. The summed E-state index contributed by atoms with van der Waals surface area (Å²) >= 11 is 13.6. The van der Waals surface area contributed by atoms with Crippen molar-refractivity contribution in [1.29, 1.82) is 0 Å². The molecule has 2 aromatic rings. The Hall–Kier alpha value is -1.80. The van der Waals surface area contributed by atoms with Crippen molar-refractivity contribution in [3.05, 3.63) is 105 Å². The zero-order valence-electron chi connectivity index (χ0n) is 13.8. The van der Waals surface area contributed by atoms with E-state index in [1.807, 2.05) is 12.1 Å². The van der Waals surface area contributed by atoms with Crippen LogP contribution in [0, 0.1) is 0 Å². The van der Waals surface area contributed by atoms with Gasteiger partial charge in [0, 0.05) is 21.1 Å². The van der Waals surface area contributed by atoms with Crippen molar-refractivity contribution >= 4 is 43.4 Å². The predicted molar refractivity (Wildman–Crippen MR) is 112 cm³/mol. The molecule has 124 valence electrons. The Labute approximate surface area is 159 Å². The first-order valence-electron chi connectivity index (χ1n) is 8.31. The van der Waals surface area contributed by atoms with Gasteiger partial charge in [-0.15, -0.1) is 13.2 Å². The number of benzene rings is 2. The van der Waals surface area contributed by atoms with Gasteiger partial charge in [-0.25, -0.2) is 0 Å². The molecule has 0 saturated heterocycles. The van der Waals surface area contributed by atoms with E-state index >= 15 is 0 Å². The van der Waals surface area contributed by atoms with Crippen molar-refractivity contribution in [2.24, 2.45) is 0 Å². The lowest BCUT2D eigenvalue weighted by molar-refractivity contribution is 1.05. The SMILES string of the molecule is C=C[Si](C=C)(C1C(Cl)=Cc2ccccc21)C1C(Cl)=Cc2ccccc21. The molecule has 2 aliphatic rings. The molecule has 0 bridgehead atoms. The van der Waals surface area contributed by atoms with Crippen molar-refractivity contribution in [2.75, 3.05) is 0 Å². The van der Waals surface area contributed by atoms with E-state index in [0.717, 1.165) is 10.1 Å². The molecule has 2 atom stereocenters. The molecule has 0 N–H and O–H groups in total. The van der Waals surface area contributed by atoms with Crippen LogP contribution >= 0.6 is 23.2 Å². The van der Waals surface area contributed by atoms with Crippen LogP contribution in [0.4, 0.5) is 0 Å². The van der Waals surface area contributed by atoms with Crippen LogP contribution in [0.5, 0.6) is 0 Å². The molecular weight excluding hydrogens is 363 g/mol. The van der Waals surface area contributed by atoms with Crippen molar-refractivity contribution < 1.29 is 0 Å². The second-order valence-electron chi connectivity index (χ2n) is 6.59. The highest BCUT2D eigenvalue weighted by molar-refractivity contribution is 6.93. The number of hydrogen-bond acceptors (Lipinski definition) is 0. The van der Waals surface area contributed by atoms with Gasteiger partial charge >= 0.3 is 0 Å². The van der Waals surface area contributed by atoms with Gasteiger partial charge in [0.2, 0.25) is 0 Å². The van der Waals surface area contributed by atoms with E-state index < -0.39 is 8.07 Å². The lowest BCUT2D eigenvalue weighted by atomic mass is 10.1. The van der Waals surface area contributed by atoms with Gasteiger partial charge in [-0.05, 0) is 34.4 Å². The largest absolute Gasteiger partial charge is 0.126 e. The minimum atomic E-state index is -2.38. The van der Waals surface area contributed by atoms with Crippen molar-refractivity contribution in [3.63, 3.8) is 0 Å². The highest BCUT2D eigenvalue weighted by atomic mass is 35.5. The molecule has 0 aliphatic heterocycles. The van der Waals surface area contributed by atoms with Crippen molar-refractivity contribution in [1.82, 2.24) is 0 Å². The molecule has 0 aromatic heterocycles. The lowest BCUT2D eigenvalue weighted by Gasteiger charge is -2.38. The minimum Gasteiger partial charge on any atom is -0.107 e. The maximum absolute atomic E-state index is 6.78. The summed E-state index contributed by atoms with van der Waals surface area (Å²) < 4.78 is 0. The fourth-order valence-corrected chi connectivity index (χ4v) is 10.1. The van der Waals surface area contributed by atoms with Gasteiger partial charge in [0.05, 0.1) is 0 Å². The molecular formula is C22H18Cl2Si. The molecule has 2 unspecified atom stereocenters. The summed E-state index contributed by atoms with van der Waals surface area (Å²) in [6.07, 6.45) is 4.16. The predicted octanol–water partition coefficient (Wildman–Crippen LogP) is 6.72. The lowest BCUT2D eigenvalue weighted by Crippen LogP contribution is -2.45. The molecule has 2 aromatic carbocycles. The van der Waals surface area contributed by atoms with Crippen LogP contribution in [-0.4, -0.2) is 8.07 Å². The maximum atomic E-state index is 6.78. The first-order chi connectivity index (χ1) is 12.1. The van der Waals surface area contributed by atoms with Crippen LogP contribution in [0.2, 0.25) is 0 Å². The van der Waals surface area contributed by atoms with Crippen molar-refractivity contribution in [3.8, 4) is 0 Å². The van der Waals surface area contributed by atoms with Crippen LogP contribution < -0.4 is 0 Å². The van der Waals surface area contributed by atoms with Gasteiger partial charge in [-0.3, -0.25) is 0 Å². The maximum Gasteiger partial charge on any atom is 0.126 e. The number of hydrogen-bond donors (Lipinski definition) is 0. The monoisotopic (exact) mass is 380 g/mol. The molecule has 0 nitrogen and oxygen atoms in total. The summed E-state index contributed by atoms with van der Waals surface area (Å²) in [5.74, 6) is 0. The topological polar surface area (TPSA) is 0 Å². The Morgan fingerprint density at radius 2 is 1.12 bits per heavy atom. The second kappa shape index (κ2) is 6.17. The Bertz CT molecular complexity index is 861. The number of halogens is 2. The van der Waals surface area contributed by atoms with E-state index in [2.05, 4.69) is 73.1 Å².